The van der Waals surface area contributed by atoms with Crippen LogP contribution in [0.3, 0.4) is 0 Å². The third kappa shape index (κ3) is 2.82. The van der Waals surface area contributed by atoms with Gasteiger partial charge in [-0.05, 0) is 67.3 Å². The molecule has 116 valence electrons. The molecule has 0 spiro atoms. The van der Waals surface area contributed by atoms with E-state index in [-0.39, 0.29) is 17.7 Å². The summed E-state index contributed by atoms with van der Waals surface area (Å²) in [6.45, 7) is 1.80. The minimum Gasteiger partial charge on any atom is -0.481 e. The van der Waals surface area contributed by atoms with Crippen LogP contribution in [0.1, 0.15) is 44.1 Å². The number of carbonyl (C=O) groups is 1. The lowest BCUT2D eigenvalue weighted by molar-refractivity contribution is -0.143. The first-order valence-corrected chi connectivity index (χ1v) is 7.83. The summed E-state index contributed by atoms with van der Waals surface area (Å²) in [5.74, 6) is -0.620. The molecule has 1 fully saturated rings. The average molecular weight is 301 g/mol. The SMILES string of the molecule is C[C@H](C(=O)O)[C@H]1CC[C@@H](c2ccnc3ccc(F)cc32)CC1. The lowest BCUT2D eigenvalue weighted by Gasteiger charge is -2.31. The molecule has 1 aromatic heterocycles. The summed E-state index contributed by atoms with van der Waals surface area (Å²) >= 11 is 0. The van der Waals surface area contributed by atoms with Gasteiger partial charge in [0.1, 0.15) is 5.82 Å². The highest BCUT2D eigenvalue weighted by Crippen LogP contribution is 2.40. The first-order valence-electron chi connectivity index (χ1n) is 7.83. The van der Waals surface area contributed by atoms with Crippen LogP contribution in [-0.4, -0.2) is 16.1 Å². The lowest BCUT2D eigenvalue weighted by Crippen LogP contribution is -2.25. The molecule has 0 saturated heterocycles. The van der Waals surface area contributed by atoms with E-state index in [1.807, 2.05) is 6.07 Å². The molecule has 22 heavy (non-hydrogen) atoms. The molecular formula is C18H20FNO2. The van der Waals surface area contributed by atoms with Crippen LogP contribution >= 0.6 is 0 Å². The average Bonchev–Trinajstić information content (AvgIpc) is 2.53. The Morgan fingerprint density at radius 2 is 2.00 bits per heavy atom. The van der Waals surface area contributed by atoms with Gasteiger partial charge in [0.05, 0.1) is 11.4 Å². The Morgan fingerprint density at radius 3 is 2.68 bits per heavy atom. The van der Waals surface area contributed by atoms with Crippen LogP contribution < -0.4 is 0 Å². The fourth-order valence-corrected chi connectivity index (χ4v) is 3.63. The summed E-state index contributed by atoms with van der Waals surface area (Å²) in [6, 6.07) is 6.69. The second kappa shape index (κ2) is 6.03. The molecule has 1 heterocycles. The van der Waals surface area contributed by atoms with Gasteiger partial charge in [0.25, 0.3) is 0 Å². The van der Waals surface area contributed by atoms with Crippen LogP contribution in [0.2, 0.25) is 0 Å². The Bertz CT molecular complexity index is 693. The topological polar surface area (TPSA) is 50.2 Å². The zero-order valence-electron chi connectivity index (χ0n) is 12.6. The molecule has 0 unspecified atom stereocenters. The van der Waals surface area contributed by atoms with E-state index in [1.54, 1.807) is 25.3 Å². The number of halogens is 1. The van der Waals surface area contributed by atoms with Crippen molar-refractivity contribution in [3.05, 3.63) is 41.8 Å². The van der Waals surface area contributed by atoms with Crippen molar-refractivity contribution in [2.24, 2.45) is 11.8 Å². The Morgan fingerprint density at radius 1 is 1.27 bits per heavy atom. The Balaban J connectivity index is 1.82. The van der Waals surface area contributed by atoms with Crippen LogP contribution in [0.4, 0.5) is 4.39 Å². The molecule has 0 amide bonds. The molecule has 1 saturated carbocycles. The zero-order chi connectivity index (χ0) is 15.7. The first kappa shape index (κ1) is 14.9. The van der Waals surface area contributed by atoms with E-state index in [0.717, 1.165) is 42.1 Å². The third-order valence-electron chi connectivity index (χ3n) is 5.05. The quantitative estimate of drug-likeness (QED) is 0.916. The van der Waals surface area contributed by atoms with E-state index in [4.69, 9.17) is 5.11 Å². The molecule has 1 aliphatic carbocycles. The van der Waals surface area contributed by atoms with Crippen molar-refractivity contribution in [1.82, 2.24) is 4.98 Å². The van der Waals surface area contributed by atoms with Gasteiger partial charge in [0, 0.05) is 11.6 Å². The van der Waals surface area contributed by atoms with Crippen molar-refractivity contribution in [3.63, 3.8) is 0 Å². The Labute approximate surface area is 129 Å². The van der Waals surface area contributed by atoms with Gasteiger partial charge in [-0.2, -0.15) is 0 Å². The van der Waals surface area contributed by atoms with E-state index in [2.05, 4.69) is 4.98 Å². The van der Waals surface area contributed by atoms with Crippen LogP contribution in [0.5, 0.6) is 0 Å². The Hall–Kier alpha value is -1.97. The summed E-state index contributed by atoms with van der Waals surface area (Å²) in [7, 11) is 0. The maximum atomic E-state index is 13.5. The van der Waals surface area contributed by atoms with Crippen molar-refractivity contribution >= 4 is 16.9 Å². The lowest BCUT2D eigenvalue weighted by atomic mass is 9.74. The number of rotatable bonds is 3. The van der Waals surface area contributed by atoms with E-state index >= 15 is 0 Å². The molecule has 1 aromatic carbocycles. The second-order valence-electron chi connectivity index (χ2n) is 6.30. The number of aliphatic carboxylic acids is 1. The summed E-state index contributed by atoms with van der Waals surface area (Å²) in [5.41, 5.74) is 1.96. The van der Waals surface area contributed by atoms with Gasteiger partial charge < -0.3 is 5.11 Å². The third-order valence-corrected chi connectivity index (χ3v) is 5.05. The van der Waals surface area contributed by atoms with Crippen molar-refractivity contribution in [2.75, 3.05) is 0 Å². The fraction of sp³-hybridized carbons (Fsp3) is 0.444. The highest BCUT2D eigenvalue weighted by Gasteiger charge is 2.30. The normalized spacial score (nSPS) is 23.4. The van der Waals surface area contributed by atoms with Crippen molar-refractivity contribution in [1.29, 1.82) is 0 Å². The van der Waals surface area contributed by atoms with Crippen LogP contribution in [0.25, 0.3) is 10.9 Å². The van der Waals surface area contributed by atoms with Crippen LogP contribution in [-0.2, 0) is 4.79 Å². The van der Waals surface area contributed by atoms with Crippen molar-refractivity contribution in [2.45, 2.75) is 38.5 Å². The zero-order valence-corrected chi connectivity index (χ0v) is 12.6. The summed E-state index contributed by atoms with van der Waals surface area (Å²) in [6.07, 6.45) is 5.52. The minimum atomic E-state index is -0.708. The number of hydrogen-bond acceptors (Lipinski definition) is 2. The minimum absolute atomic E-state index is 0.241. The maximum Gasteiger partial charge on any atom is 0.306 e. The molecule has 0 aliphatic heterocycles. The van der Waals surface area contributed by atoms with Gasteiger partial charge in [0.2, 0.25) is 0 Å². The van der Waals surface area contributed by atoms with Gasteiger partial charge in [0.15, 0.2) is 0 Å². The van der Waals surface area contributed by atoms with E-state index in [1.165, 1.54) is 6.07 Å². The number of pyridine rings is 1. The van der Waals surface area contributed by atoms with Gasteiger partial charge in [-0.15, -0.1) is 0 Å². The molecule has 1 N–H and O–H groups in total. The molecule has 0 radical (unpaired) electrons. The number of carboxylic acid groups (broad SMARTS) is 1. The summed E-state index contributed by atoms with van der Waals surface area (Å²) < 4.78 is 13.5. The smallest absolute Gasteiger partial charge is 0.306 e. The number of fused-ring (bicyclic) bond motifs is 1. The first-order chi connectivity index (χ1) is 10.6. The molecular weight excluding hydrogens is 281 g/mol. The number of benzene rings is 1. The number of carboxylic acids is 1. The van der Waals surface area contributed by atoms with Gasteiger partial charge in [-0.1, -0.05) is 6.92 Å². The highest BCUT2D eigenvalue weighted by molar-refractivity contribution is 5.82. The molecule has 1 aliphatic rings. The van der Waals surface area contributed by atoms with Crippen LogP contribution in [0, 0.1) is 17.7 Å². The number of aromatic nitrogens is 1. The molecule has 3 rings (SSSR count). The molecule has 4 heteroatoms. The molecule has 3 nitrogen and oxygen atoms in total. The fourth-order valence-electron chi connectivity index (χ4n) is 3.63. The second-order valence-corrected chi connectivity index (χ2v) is 6.30. The van der Waals surface area contributed by atoms with E-state index in [9.17, 15) is 9.18 Å². The summed E-state index contributed by atoms with van der Waals surface area (Å²) in [5, 5.41) is 10.0. The molecule has 1 atom stereocenters. The van der Waals surface area contributed by atoms with E-state index in [0.29, 0.717) is 5.92 Å². The van der Waals surface area contributed by atoms with Gasteiger partial charge in [-0.3, -0.25) is 9.78 Å². The van der Waals surface area contributed by atoms with Gasteiger partial charge >= 0.3 is 5.97 Å². The molecule has 2 aromatic rings. The number of nitrogens with zero attached hydrogens (tertiary/aromatic N) is 1. The van der Waals surface area contributed by atoms with Crippen LogP contribution in [0.15, 0.2) is 30.5 Å². The van der Waals surface area contributed by atoms with Crippen molar-refractivity contribution in [3.8, 4) is 0 Å². The highest BCUT2D eigenvalue weighted by atomic mass is 19.1. The summed E-state index contributed by atoms with van der Waals surface area (Å²) in [4.78, 5) is 15.4. The Kier molecular flexibility index (Phi) is 4.10. The van der Waals surface area contributed by atoms with Crippen molar-refractivity contribution < 1.29 is 14.3 Å². The van der Waals surface area contributed by atoms with Gasteiger partial charge in [-0.25, -0.2) is 4.39 Å². The monoisotopic (exact) mass is 301 g/mol. The largest absolute Gasteiger partial charge is 0.481 e. The predicted octanol–water partition coefficient (Wildman–Crippen LogP) is 4.37. The number of hydrogen-bond donors (Lipinski definition) is 1. The maximum absolute atomic E-state index is 13.5. The molecule has 0 bridgehead atoms. The standard InChI is InChI=1S/C18H20FNO2/c1-11(18(21)22)12-2-4-13(5-3-12)15-8-9-20-17-7-6-14(19)10-16(15)17/h6-13H,2-5H2,1H3,(H,21,22)/t11-,12-,13+/m0/s1. The van der Waals surface area contributed by atoms with E-state index < -0.39 is 5.97 Å². The predicted molar refractivity (Wildman–Crippen MR) is 83.2 cm³/mol.